The Morgan fingerprint density at radius 1 is 0.842 bits per heavy atom. The van der Waals surface area contributed by atoms with Crippen LogP contribution >= 0.6 is 0 Å². The summed E-state index contributed by atoms with van der Waals surface area (Å²) in [5.74, 6) is 2.15. The maximum atomic E-state index is 3.62. The van der Waals surface area contributed by atoms with Gasteiger partial charge in [0.25, 0.3) is 0 Å². The molecule has 0 spiro atoms. The molecule has 1 saturated heterocycles. The van der Waals surface area contributed by atoms with Crippen LogP contribution in [0, 0.1) is 11.8 Å². The van der Waals surface area contributed by atoms with Gasteiger partial charge in [-0.1, -0.05) is 25.7 Å². The van der Waals surface area contributed by atoms with Gasteiger partial charge >= 0.3 is 0 Å². The molecule has 2 unspecified atom stereocenters. The van der Waals surface area contributed by atoms with E-state index in [9.17, 15) is 0 Å². The first-order chi connectivity index (χ1) is 9.42. The second-order valence-corrected chi connectivity index (χ2v) is 7.18. The lowest BCUT2D eigenvalue weighted by Gasteiger charge is -2.41. The summed E-state index contributed by atoms with van der Waals surface area (Å²) in [5, 5.41) is 3.62. The molecule has 2 saturated carbocycles. The smallest absolute Gasteiger partial charge is 0.00682 e. The van der Waals surface area contributed by atoms with Crippen molar-refractivity contribution in [2.45, 2.75) is 70.3 Å². The third-order valence-electron chi connectivity index (χ3n) is 5.54. The molecule has 3 fully saturated rings. The van der Waals surface area contributed by atoms with Crippen molar-refractivity contribution >= 4 is 0 Å². The van der Waals surface area contributed by atoms with Gasteiger partial charge in [-0.3, -0.25) is 0 Å². The van der Waals surface area contributed by atoms with Crippen LogP contribution in [0.3, 0.4) is 0 Å². The van der Waals surface area contributed by atoms with Crippen molar-refractivity contribution in [1.29, 1.82) is 0 Å². The van der Waals surface area contributed by atoms with Crippen molar-refractivity contribution in [2.24, 2.45) is 11.8 Å². The fourth-order valence-electron chi connectivity index (χ4n) is 4.11. The van der Waals surface area contributed by atoms with Crippen molar-refractivity contribution in [2.75, 3.05) is 26.2 Å². The van der Waals surface area contributed by atoms with Gasteiger partial charge in [-0.05, 0) is 70.0 Å². The summed E-state index contributed by atoms with van der Waals surface area (Å²) < 4.78 is 0. The van der Waals surface area contributed by atoms with Gasteiger partial charge in [0.05, 0.1) is 0 Å². The zero-order chi connectivity index (χ0) is 12.9. The Morgan fingerprint density at radius 2 is 1.68 bits per heavy atom. The molecule has 1 N–H and O–H groups in total. The van der Waals surface area contributed by atoms with E-state index >= 15 is 0 Å². The first-order valence-electron chi connectivity index (χ1n) is 8.87. The number of nitrogens with one attached hydrogen (secondary N) is 1. The Morgan fingerprint density at radius 3 is 2.53 bits per heavy atom. The molecule has 0 aromatic heterocycles. The molecule has 110 valence electrons. The minimum absolute atomic E-state index is 0.894. The molecule has 2 atom stereocenters. The van der Waals surface area contributed by atoms with E-state index in [0.29, 0.717) is 0 Å². The Labute approximate surface area is 119 Å². The highest BCUT2D eigenvalue weighted by atomic mass is 15.1. The van der Waals surface area contributed by atoms with E-state index in [1.165, 1.54) is 90.4 Å². The number of hydrogen-bond donors (Lipinski definition) is 1. The van der Waals surface area contributed by atoms with Crippen LogP contribution in [0.2, 0.25) is 0 Å². The van der Waals surface area contributed by atoms with Gasteiger partial charge in [0.1, 0.15) is 0 Å². The normalized spacial score (nSPS) is 32.2. The highest BCUT2D eigenvalue weighted by Gasteiger charge is 2.30. The topological polar surface area (TPSA) is 15.3 Å². The third kappa shape index (κ3) is 4.46. The van der Waals surface area contributed by atoms with E-state index in [-0.39, 0.29) is 0 Å². The second-order valence-electron chi connectivity index (χ2n) is 7.18. The number of rotatable bonds is 7. The lowest BCUT2D eigenvalue weighted by Crippen LogP contribution is -2.42. The van der Waals surface area contributed by atoms with Crippen LogP contribution in [0.4, 0.5) is 0 Å². The summed E-state index contributed by atoms with van der Waals surface area (Å²) >= 11 is 0. The largest absolute Gasteiger partial charge is 0.314 e. The van der Waals surface area contributed by atoms with Gasteiger partial charge < -0.3 is 10.2 Å². The number of piperidine rings is 1. The van der Waals surface area contributed by atoms with Gasteiger partial charge in [-0.15, -0.1) is 0 Å². The van der Waals surface area contributed by atoms with Crippen molar-refractivity contribution in [3.8, 4) is 0 Å². The van der Waals surface area contributed by atoms with E-state index in [0.717, 1.165) is 17.9 Å². The van der Waals surface area contributed by atoms with E-state index < -0.39 is 0 Å². The van der Waals surface area contributed by atoms with Crippen molar-refractivity contribution in [3.63, 3.8) is 0 Å². The van der Waals surface area contributed by atoms with Crippen LogP contribution in [-0.4, -0.2) is 37.1 Å². The molecule has 0 aromatic rings. The zero-order valence-electron chi connectivity index (χ0n) is 12.6. The van der Waals surface area contributed by atoms with Gasteiger partial charge in [-0.2, -0.15) is 0 Å². The van der Waals surface area contributed by atoms with Crippen molar-refractivity contribution < 1.29 is 0 Å². The molecule has 2 nitrogen and oxygen atoms in total. The summed E-state index contributed by atoms with van der Waals surface area (Å²) in [6, 6.07) is 0.894. The summed E-state index contributed by atoms with van der Waals surface area (Å²) in [4.78, 5) is 2.76. The molecular formula is C17H32N2. The lowest BCUT2D eigenvalue weighted by atomic mass is 9.75. The third-order valence-corrected chi connectivity index (χ3v) is 5.54. The van der Waals surface area contributed by atoms with E-state index in [4.69, 9.17) is 0 Å². The fraction of sp³-hybridized carbons (Fsp3) is 1.00. The van der Waals surface area contributed by atoms with E-state index in [1.807, 2.05) is 0 Å². The van der Waals surface area contributed by atoms with Crippen LogP contribution in [0.15, 0.2) is 0 Å². The molecule has 3 aliphatic rings. The molecule has 2 heteroatoms. The number of nitrogens with zero attached hydrogens (tertiary/aromatic N) is 1. The average Bonchev–Trinajstić information content (AvgIpc) is 3.27. The maximum absolute atomic E-state index is 3.62. The summed E-state index contributed by atoms with van der Waals surface area (Å²) in [6.45, 7) is 5.44. The van der Waals surface area contributed by atoms with E-state index in [1.54, 1.807) is 0 Å². The first kappa shape index (κ1) is 13.9. The molecule has 19 heavy (non-hydrogen) atoms. The van der Waals surface area contributed by atoms with Crippen LogP contribution in [0.25, 0.3) is 0 Å². The first-order valence-corrected chi connectivity index (χ1v) is 8.87. The Hall–Kier alpha value is -0.0800. The van der Waals surface area contributed by atoms with Crippen molar-refractivity contribution in [1.82, 2.24) is 10.2 Å². The molecule has 0 bridgehead atoms. The minimum atomic E-state index is 0.894. The number of likely N-dealkylation sites (tertiary alicyclic amines) is 1. The predicted molar refractivity (Wildman–Crippen MR) is 81.4 cm³/mol. The Kier molecular flexibility index (Phi) is 5.17. The molecule has 3 rings (SSSR count). The van der Waals surface area contributed by atoms with Gasteiger partial charge in [0.2, 0.25) is 0 Å². The maximum Gasteiger partial charge on any atom is 0.00682 e. The molecule has 0 aromatic carbocycles. The fourth-order valence-corrected chi connectivity index (χ4v) is 4.11. The number of unbranched alkanes of at least 4 members (excludes halogenated alkanes) is 2. The predicted octanol–water partition coefficient (Wildman–Crippen LogP) is 3.42. The lowest BCUT2D eigenvalue weighted by molar-refractivity contribution is 0.0857. The van der Waals surface area contributed by atoms with Crippen LogP contribution in [0.5, 0.6) is 0 Å². The molecule has 1 heterocycles. The molecular weight excluding hydrogens is 232 g/mol. The molecule has 0 radical (unpaired) electrons. The number of hydrogen-bond acceptors (Lipinski definition) is 2. The SMILES string of the molecule is C(CCNC1CC1)CCN1CCC2CCCCC2C1. The summed E-state index contributed by atoms with van der Waals surface area (Å²) in [5.41, 5.74) is 0. The monoisotopic (exact) mass is 264 g/mol. The standard InChI is InChI=1S/C17H32N2/c1(4-11-18-17-8-9-17)5-12-19-13-10-15-6-2-3-7-16(15)14-19/h15-18H,1-14H2. The van der Waals surface area contributed by atoms with Gasteiger partial charge in [0, 0.05) is 12.6 Å². The summed E-state index contributed by atoms with van der Waals surface area (Å²) in [7, 11) is 0. The van der Waals surface area contributed by atoms with E-state index in [2.05, 4.69) is 10.2 Å². The number of fused-ring (bicyclic) bond motifs is 1. The summed E-state index contributed by atoms with van der Waals surface area (Å²) in [6.07, 6.45) is 14.6. The second kappa shape index (κ2) is 7.08. The zero-order valence-corrected chi connectivity index (χ0v) is 12.6. The highest BCUT2D eigenvalue weighted by Crippen LogP contribution is 2.36. The molecule has 1 aliphatic heterocycles. The Balaban J connectivity index is 1.24. The van der Waals surface area contributed by atoms with Crippen LogP contribution in [0.1, 0.15) is 64.2 Å². The van der Waals surface area contributed by atoms with Crippen LogP contribution in [-0.2, 0) is 0 Å². The minimum Gasteiger partial charge on any atom is -0.314 e. The molecule has 2 aliphatic carbocycles. The Bertz CT molecular complexity index is 262. The van der Waals surface area contributed by atoms with Gasteiger partial charge in [-0.25, -0.2) is 0 Å². The average molecular weight is 264 g/mol. The van der Waals surface area contributed by atoms with Crippen LogP contribution < -0.4 is 5.32 Å². The van der Waals surface area contributed by atoms with Crippen molar-refractivity contribution in [3.05, 3.63) is 0 Å². The molecule has 0 amide bonds. The quantitative estimate of drug-likeness (QED) is 0.709. The highest BCUT2D eigenvalue weighted by molar-refractivity contribution is 4.83. The van der Waals surface area contributed by atoms with Gasteiger partial charge in [0.15, 0.2) is 0 Å².